The van der Waals surface area contributed by atoms with E-state index in [1.54, 1.807) is 14.2 Å². The molecule has 0 aliphatic heterocycles. The maximum absolute atomic E-state index is 5.50. The van der Waals surface area contributed by atoms with Crippen LogP contribution in [0, 0.1) is 5.92 Å². The van der Waals surface area contributed by atoms with Gasteiger partial charge in [0.1, 0.15) is 0 Å². The van der Waals surface area contributed by atoms with Crippen molar-refractivity contribution in [2.24, 2.45) is 5.92 Å². The summed E-state index contributed by atoms with van der Waals surface area (Å²) in [5, 5.41) is 0. The minimum Gasteiger partial charge on any atom is -0.419 e. The molecule has 0 aliphatic carbocycles. The Labute approximate surface area is 88.5 Å². The Morgan fingerprint density at radius 2 is 1.92 bits per heavy atom. The zero-order chi connectivity index (χ0) is 10.1. The number of ether oxygens (including phenoxy) is 2. The second-order valence-corrected chi connectivity index (χ2v) is 4.81. The summed E-state index contributed by atoms with van der Waals surface area (Å²) in [5.41, 5.74) is 0. The van der Waals surface area contributed by atoms with Crippen LogP contribution in [-0.2, 0) is 13.9 Å². The van der Waals surface area contributed by atoms with Gasteiger partial charge in [-0.15, -0.1) is 0 Å². The van der Waals surface area contributed by atoms with Crippen molar-refractivity contribution in [1.82, 2.24) is 0 Å². The van der Waals surface area contributed by atoms with Crippen LogP contribution in [0.3, 0.4) is 0 Å². The lowest BCUT2D eigenvalue weighted by atomic mass is 10.3. The second-order valence-electron chi connectivity index (χ2n) is 3.05. The predicted octanol–water partition coefficient (Wildman–Crippen LogP) is 0.690. The van der Waals surface area contributed by atoms with Gasteiger partial charge in [0, 0.05) is 14.2 Å². The van der Waals surface area contributed by atoms with Crippen LogP contribution >= 0.6 is 12.6 Å². The van der Waals surface area contributed by atoms with Crippen molar-refractivity contribution in [2.45, 2.75) is 19.3 Å². The Morgan fingerprint density at radius 3 is 2.38 bits per heavy atom. The molecule has 0 aromatic heterocycles. The van der Waals surface area contributed by atoms with Crippen molar-refractivity contribution in [3.05, 3.63) is 0 Å². The third kappa shape index (κ3) is 7.51. The summed E-state index contributed by atoms with van der Waals surface area (Å²) in [5.74, 6) is 1.60. The van der Waals surface area contributed by atoms with E-state index >= 15 is 0 Å². The van der Waals surface area contributed by atoms with Gasteiger partial charge >= 0.3 is 0 Å². The van der Waals surface area contributed by atoms with Crippen molar-refractivity contribution in [2.75, 3.05) is 26.6 Å². The summed E-state index contributed by atoms with van der Waals surface area (Å²) in [4.78, 5) is 0. The van der Waals surface area contributed by atoms with Crippen molar-refractivity contribution >= 4 is 22.4 Å². The van der Waals surface area contributed by atoms with Gasteiger partial charge in [0.15, 0.2) is 16.1 Å². The third-order valence-electron chi connectivity index (χ3n) is 1.85. The van der Waals surface area contributed by atoms with E-state index < -0.39 is 9.76 Å². The standard InChI is InChI=1S/C8H20O3SSi/c1-7(5-12)6-13-11-4-8(9-2)10-3/h7-8,12H,4-6,13H2,1-3H3. The highest BCUT2D eigenvalue weighted by atomic mass is 32.1. The predicted molar refractivity (Wildman–Crippen MR) is 60.1 cm³/mol. The van der Waals surface area contributed by atoms with Crippen molar-refractivity contribution < 1.29 is 13.9 Å². The summed E-state index contributed by atoms with van der Waals surface area (Å²) in [6.07, 6.45) is -0.209. The van der Waals surface area contributed by atoms with Crippen LogP contribution in [0.15, 0.2) is 0 Å². The van der Waals surface area contributed by atoms with E-state index in [0.29, 0.717) is 12.5 Å². The van der Waals surface area contributed by atoms with Crippen LogP contribution in [0.5, 0.6) is 0 Å². The number of methoxy groups -OCH3 is 2. The molecule has 0 spiro atoms. The van der Waals surface area contributed by atoms with Gasteiger partial charge in [-0.25, -0.2) is 0 Å². The molecule has 0 bridgehead atoms. The number of hydrogen-bond donors (Lipinski definition) is 1. The van der Waals surface area contributed by atoms with E-state index in [4.69, 9.17) is 13.9 Å². The quantitative estimate of drug-likeness (QED) is 0.284. The molecule has 0 saturated carbocycles. The average Bonchev–Trinajstić information content (AvgIpc) is 2.18. The van der Waals surface area contributed by atoms with E-state index in [0.717, 1.165) is 5.75 Å². The molecule has 13 heavy (non-hydrogen) atoms. The molecule has 0 saturated heterocycles. The first kappa shape index (κ1) is 13.4. The molecule has 0 N–H and O–H groups in total. The first-order valence-corrected chi connectivity index (χ1v) is 6.69. The maximum Gasteiger partial charge on any atom is 0.178 e. The summed E-state index contributed by atoms with van der Waals surface area (Å²) in [6, 6.07) is 1.17. The lowest BCUT2D eigenvalue weighted by Crippen LogP contribution is -2.21. The van der Waals surface area contributed by atoms with Crippen LogP contribution in [0.4, 0.5) is 0 Å². The minimum atomic E-state index is -0.417. The fraction of sp³-hybridized carbons (Fsp3) is 1.00. The van der Waals surface area contributed by atoms with Crippen molar-refractivity contribution in [3.8, 4) is 0 Å². The first-order chi connectivity index (χ1) is 6.24. The van der Waals surface area contributed by atoms with E-state index in [-0.39, 0.29) is 6.29 Å². The van der Waals surface area contributed by atoms with E-state index in [1.165, 1.54) is 6.04 Å². The summed E-state index contributed by atoms with van der Waals surface area (Å²) < 4.78 is 15.5. The highest BCUT2D eigenvalue weighted by molar-refractivity contribution is 7.80. The smallest absolute Gasteiger partial charge is 0.178 e. The Balaban J connectivity index is 3.23. The first-order valence-electron chi connectivity index (χ1n) is 4.48. The van der Waals surface area contributed by atoms with Gasteiger partial charge in [0.05, 0.1) is 6.61 Å². The molecule has 0 fully saturated rings. The van der Waals surface area contributed by atoms with Gasteiger partial charge < -0.3 is 13.9 Å². The highest BCUT2D eigenvalue weighted by Gasteiger charge is 2.05. The summed E-state index contributed by atoms with van der Waals surface area (Å²) in [7, 11) is 2.82. The molecule has 3 nitrogen and oxygen atoms in total. The van der Waals surface area contributed by atoms with Crippen LogP contribution in [0.1, 0.15) is 6.92 Å². The zero-order valence-corrected chi connectivity index (χ0v) is 11.0. The molecule has 1 unspecified atom stereocenters. The Kier molecular flexibility index (Phi) is 9.33. The van der Waals surface area contributed by atoms with Gasteiger partial charge in [0.25, 0.3) is 0 Å². The molecule has 1 atom stereocenters. The molecular formula is C8H20O3SSi. The number of hydrogen-bond acceptors (Lipinski definition) is 4. The molecule has 0 aromatic carbocycles. The lowest BCUT2D eigenvalue weighted by molar-refractivity contribution is -0.122. The largest absolute Gasteiger partial charge is 0.419 e. The van der Waals surface area contributed by atoms with Crippen LogP contribution in [0.25, 0.3) is 0 Å². The molecular weight excluding hydrogens is 204 g/mol. The lowest BCUT2D eigenvalue weighted by Gasteiger charge is -2.14. The molecule has 0 amide bonds. The highest BCUT2D eigenvalue weighted by Crippen LogP contribution is 2.03. The Bertz CT molecular complexity index is 112. The molecule has 0 radical (unpaired) electrons. The van der Waals surface area contributed by atoms with Crippen LogP contribution in [0.2, 0.25) is 6.04 Å². The van der Waals surface area contributed by atoms with Gasteiger partial charge in [-0.2, -0.15) is 12.6 Å². The monoisotopic (exact) mass is 224 g/mol. The van der Waals surface area contributed by atoms with Crippen molar-refractivity contribution in [1.29, 1.82) is 0 Å². The maximum atomic E-state index is 5.50. The van der Waals surface area contributed by atoms with Crippen LogP contribution in [-0.4, -0.2) is 42.6 Å². The number of rotatable bonds is 8. The van der Waals surface area contributed by atoms with Gasteiger partial charge in [-0.1, -0.05) is 6.92 Å². The Morgan fingerprint density at radius 1 is 1.31 bits per heavy atom. The van der Waals surface area contributed by atoms with E-state index in [1.807, 2.05) is 0 Å². The second kappa shape index (κ2) is 9.02. The molecule has 0 aliphatic rings. The van der Waals surface area contributed by atoms with Gasteiger partial charge in [-0.05, 0) is 17.7 Å². The SMILES string of the molecule is COC(CO[SiH2]CC(C)CS)OC. The minimum absolute atomic E-state index is 0.209. The number of thiol groups is 1. The Hall–Kier alpha value is 0.447. The third-order valence-corrected chi connectivity index (χ3v) is 4.22. The van der Waals surface area contributed by atoms with E-state index in [9.17, 15) is 0 Å². The topological polar surface area (TPSA) is 27.7 Å². The fourth-order valence-electron chi connectivity index (χ4n) is 0.788. The molecule has 0 rings (SSSR count). The average molecular weight is 224 g/mol. The zero-order valence-electron chi connectivity index (χ0n) is 8.66. The van der Waals surface area contributed by atoms with Gasteiger partial charge in [-0.3, -0.25) is 0 Å². The van der Waals surface area contributed by atoms with Crippen molar-refractivity contribution in [3.63, 3.8) is 0 Å². The fourth-order valence-corrected chi connectivity index (χ4v) is 2.45. The van der Waals surface area contributed by atoms with Gasteiger partial charge in [0.2, 0.25) is 0 Å². The summed E-state index contributed by atoms with van der Waals surface area (Å²) >= 11 is 4.21. The molecule has 0 aromatic rings. The molecule has 0 heterocycles. The normalized spacial score (nSPS) is 14.5. The summed E-state index contributed by atoms with van der Waals surface area (Å²) in [6.45, 7) is 2.74. The molecule has 5 heteroatoms. The van der Waals surface area contributed by atoms with E-state index in [2.05, 4.69) is 19.6 Å². The molecule has 80 valence electrons. The van der Waals surface area contributed by atoms with Crippen LogP contribution < -0.4 is 0 Å².